The zero-order chi connectivity index (χ0) is 13.9. The number of aliphatic hydroxyl groups is 1. The van der Waals surface area contributed by atoms with Crippen molar-refractivity contribution in [1.82, 2.24) is 15.1 Å². The molecular formula is C13H29N3O3. The van der Waals surface area contributed by atoms with E-state index in [1.807, 2.05) is 0 Å². The summed E-state index contributed by atoms with van der Waals surface area (Å²) in [5, 5.41) is 13.2. The van der Waals surface area contributed by atoms with Crippen molar-refractivity contribution in [3.8, 4) is 0 Å². The lowest BCUT2D eigenvalue weighted by Gasteiger charge is -2.28. The number of nitrogens with one attached hydrogen (secondary N) is 1. The number of nitrogens with zero attached hydrogens (tertiary/aromatic N) is 2. The van der Waals surface area contributed by atoms with Crippen molar-refractivity contribution in [3.05, 3.63) is 0 Å². The van der Waals surface area contributed by atoms with E-state index >= 15 is 0 Å². The summed E-state index contributed by atoms with van der Waals surface area (Å²) in [7, 11) is 3.79. The van der Waals surface area contributed by atoms with Crippen molar-refractivity contribution in [1.29, 1.82) is 0 Å². The van der Waals surface area contributed by atoms with Crippen LogP contribution in [0.5, 0.6) is 0 Å². The molecule has 1 atom stereocenters. The molecule has 0 aromatic carbocycles. The molecule has 6 nitrogen and oxygen atoms in total. The van der Waals surface area contributed by atoms with Gasteiger partial charge < -0.3 is 24.8 Å². The molecule has 0 aromatic heterocycles. The zero-order valence-electron chi connectivity index (χ0n) is 12.3. The van der Waals surface area contributed by atoms with Crippen LogP contribution in [0, 0.1) is 0 Å². The summed E-state index contributed by atoms with van der Waals surface area (Å²) >= 11 is 0. The fraction of sp³-hybridized carbons (Fsp3) is 1.00. The predicted octanol–water partition coefficient (Wildman–Crippen LogP) is -1.15. The first-order chi connectivity index (χ1) is 9.22. The van der Waals surface area contributed by atoms with Gasteiger partial charge in [-0.05, 0) is 7.05 Å². The van der Waals surface area contributed by atoms with Gasteiger partial charge in [0.05, 0.1) is 25.9 Å². The third-order valence-electron chi connectivity index (χ3n) is 3.30. The molecule has 114 valence electrons. The quantitative estimate of drug-likeness (QED) is 0.491. The molecule has 0 aromatic rings. The highest BCUT2D eigenvalue weighted by Gasteiger charge is 2.14. The van der Waals surface area contributed by atoms with E-state index in [9.17, 15) is 5.11 Å². The minimum Gasteiger partial charge on any atom is -0.390 e. The Bertz CT molecular complexity index is 213. The molecule has 1 heterocycles. The Labute approximate surface area is 116 Å². The molecule has 0 bridgehead atoms. The van der Waals surface area contributed by atoms with Gasteiger partial charge in [0.2, 0.25) is 0 Å². The molecule has 1 fully saturated rings. The van der Waals surface area contributed by atoms with Crippen LogP contribution in [0.3, 0.4) is 0 Å². The van der Waals surface area contributed by atoms with Gasteiger partial charge >= 0.3 is 0 Å². The van der Waals surface area contributed by atoms with Gasteiger partial charge in [-0.2, -0.15) is 0 Å². The first-order valence-corrected chi connectivity index (χ1v) is 7.08. The molecular weight excluding hydrogens is 246 g/mol. The van der Waals surface area contributed by atoms with Crippen LogP contribution in [0.2, 0.25) is 0 Å². The number of morpholine rings is 1. The van der Waals surface area contributed by atoms with Crippen molar-refractivity contribution in [2.45, 2.75) is 6.10 Å². The second kappa shape index (κ2) is 10.5. The summed E-state index contributed by atoms with van der Waals surface area (Å²) in [6.07, 6.45) is -0.303. The first kappa shape index (κ1) is 16.8. The van der Waals surface area contributed by atoms with E-state index in [1.54, 1.807) is 7.11 Å². The van der Waals surface area contributed by atoms with Crippen LogP contribution in [0.4, 0.5) is 0 Å². The fourth-order valence-electron chi connectivity index (χ4n) is 2.04. The average Bonchev–Trinajstić information content (AvgIpc) is 2.42. The summed E-state index contributed by atoms with van der Waals surface area (Å²) in [4.78, 5) is 4.46. The second-order valence-corrected chi connectivity index (χ2v) is 5.07. The molecule has 1 saturated heterocycles. The Morgan fingerprint density at radius 3 is 2.79 bits per heavy atom. The molecule has 6 heteroatoms. The minimum atomic E-state index is -0.303. The lowest BCUT2D eigenvalue weighted by Crippen LogP contribution is -2.44. The van der Waals surface area contributed by atoms with E-state index in [2.05, 4.69) is 22.2 Å². The maximum atomic E-state index is 9.93. The van der Waals surface area contributed by atoms with Gasteiger partial charge in [-0.1, -0.05) is 0 Å². The SMILES string of the molecule is COCCN(C)CCNCC(O)CN1CCOCC1. The molecule has 1 unspecified atom stereocenters. The summed E-state index contributed by atoms with van der Waals surface area (Å²) in [5.41, 5.74) is 0. The van der Waals surface area contributed by atoms with E-state index in [-0.39, 0.29) is 6.10 Å². The average molecular weight is 275 g/mol. The van der Waals surface area contributed by atoms with Gasteiger partial charge in [0.25, 0.3) is 0 Å². The van der Waals surface area contributed by atoms with E-state index in [1.165, 1.54) is 0 Å². The van der Waals surface area contributed by atoms with Crippen LogP contribution in [0.15, 0.2) is 0 Å². The third kappa shape index (κ3) is 8.52. The predicted molar refractivity (Wildman–Crippen MR) is 75.5 cm³/mol. The van der Waals surface area contributed by atoms with Gasteiger partial charge in [0, 0.05) is 52.9 Å². The van der Waals surface area contributed by atoms with E-state index in [4.69, 9.17) is 9.47 Å². The van der Waals surface area contributed by atoms with E-state index < -0.39 is 0 Å². The number of rotatable bonds is 10. The number of methoxy groups -OCH3 is 1. The van der Waals surface area contributed by atoms with Gasteiger partial charge in [0.15, 0.2) is 0 Å². The van der Waals surface area contributed by atoms with Crippen LogP contribution in [0.1, 0.15) is 0 Å². The van der Waals surface area contributed by atoms with Crippen LogP contribution >= 0.6 is 0 Å². The number of hydrogen-bond donors (Lipinski definition) is 2. The highest BCUT2D eigenvalue weighted by Crippen LogP contribution is 1.98. The van der Waals surface area contributed by atoms with Gasteiger partial charge in [0.1, 0.15) is 0 Å². The summed E-state index contributed by atoms with van der Waals surface area (Å²) in [6, 6.07) is 0. The van der Waals surface area contributed by atoms with Crippen LogP contribution < -0.4 is 5.32 Å². The third-order valence-corrected chi connectivity index (χ3v) is 3.30. The molecule has 0 amide bonds. The monoisotopic (exact) mass is 275 g/mol. The molecule has 1 aliphatic rings. The number of aliphatic hydroxyl groups excluding tert-OH is 1. The fourth-order valence-corrected chi connectivity index (χ4v) is 2.04. The Morgan fingerprint density at radius 2 is 2.11 bits per heavy atom. The highest BCUT2D eigenvalue weighted by atomic mass is 16.5. The summed E-state index contributed by atoms with van der Waals surface area (Å²) < 4.78 is 10.3. The van der Waals surface area contributed by atoms with Crippen molar-refractivity contribution in [3.63, 3.8) is 0 Å². The molecule has 1 aliphatic heterocycles. The van der Waals surface area contributed by atoms with E-state index in [0.29, 0.717) is 6.54 Å². The summed E-state index contributed by atoms with van der Waals surface area (Å²) in [6.45, 7) is 8.35. The van der Waals surface area contributed by atoms with Gasteiger partial charge in [-0.25, -0.2) is 0 Å². The number of likely N-dealkylation sites (N-methyl/N-ethyl adjacent to an activating group) is 1. The van der Waals surface area contributed by atoms with Crippen LogP contribution in [0.25, 0.3) is 0 Å². The largest absolute Gasteiger partial charge is 0.390 e. The first-order valence-electron chi connectivity index (χ1n) is 7.08. The van der Waals surface area contributed by atoms with Crippen LogP contribution in [-0.4, -0.2) is 101 Å². The molecule has 0 spiro atoms. The van der Waals surface area contributed by atoms with Crippen molar-refractivity contribution in [2.24, 2.45) is 0 Å². The molecule has 0 aliphatic carbocycles. The number of β-amino-alcohol motifs (C(OH)–C–C–N with tert-alkyl or cyclic N) is 1. The standard InChI is InChI=1S/C13H29N3O3/c1-15(5-8-18-2)4-3-14-11-13(17)12-16-6-9-19-10-7-16/h13-14,17H,3-12H2,1-2H3. The van der Waals surface area contributed by atoms with Gasteiger partial charge in [-0.3, -0.25) is 4.90 Å². The van der Waals surface area contributed by atoms with Crippen LogP contribution in [-0.2, 0) is 9.47 Å². The van der Waals surface area contributed by atoms with Crippen molar-refractivity contribution in [2.75, 3.05) is 79.8 Å². The minimum absolute atomic E-state index is 0.303. The topological polar surface area (TPSA) is 57.2 Å². The maximum absolute atomic E-state index is 9.93. The molecule has 0 radical (unpaired) electrons. The van der Waals surface area contributed by atoms with Crippen molar-refractivity contribution >= 4 is 0 Å². The second-order valence-electron chi connectivity index (χ2n) is 5.07. The van der Waals surface area contributed by atoms with Crippen molar-refractivity contribution < 1.29 is 14.6 Å². The highest BCUT2D eigenvalue weighted by molar-refractivity contribution is 4.69. The number of hydrogen-bond acceptors (Lipinski definition) is 6. The summed E-state index contributed by atoms with van der Waals surface area (Å²) in [5.74, 6) is 0. The lowest BCUT2D eigenvalue weighted by molar-refractivity contribution is 0.0149. The Morgan fingerprint density at radius 1 is 1.37 bits per heavy atom. The molecule has 1 rings (SSSR count). The Hall–Kier alpha value is -0.240. The normalized spacial score (nSPS) is 18.9. The smallest absolute Gasteiger partial charge is 0.0791 e. The van der Waals surface area contributed by atoms with Gasteiger partial charge in [-0.15, -0.1) is 0 Å². The lowest BCUT2D eigenvalue weighted by atomic mass is 10.3. The molecule has 19 heavy (non-hydrogen) atoms. The van der Waals surface area contributed by atoms with E-state index in [0.717, 1.165) is 59.1 Å². The Kier molecular flexibility index (Phi) is 9.32. The molecule has 0 saturated carbocycles. The Balaban J connectivity index is 1.95. The number of ether oxygens (including phenoxy) is 2. The maximum Gasteiger partial charge on any atom is 0.0791 e. The zero-order valence-corrected chi connectivity index (χ0v) is 12.3. The molecule has 2 N–H and O–H groups in total.